The van der Waals surface area contributed by atoms with Crippen LogP contribution < -0.4 is 10.2 Å². The van der Waals surface area contributed by atoms with E-state index in [4.69, 9.17) is 4.98 Å². The Bertz CT molecular complexity index is 1360. The van der Waals surface area contributed by atoms with E-state index in [0.29, 0.717) is 36.0 Å². The minimum absolute atomic E-state index is 0.0592. The first-order valence-corrected chi connectivity index (χ1v) is 13.6. The molecule has 3 aliphatic carbocycles. The zero-order valence-electron chi connectivity index (χ0n) is 21.8. The van der Waals surface area contributed by atoms with Crippen LogP contribution in [0.5, 0.6) is 0 Å². The fourth-order valence-electron chi connectivity index (χ4n) is 8.67. The summed E-state index contributed by atoms with van der Waals surface area (Å²) in [6.45, 7) is 4.93. The van der Waals surface area contributed by atoms with Crippen molar-refractivity contribution in [3.05, 3.63) is 41.9 Å². The average molecular weight is 485 g/mol. The SMILES string of the molecule is CN(C)c1ccc(-c2c3c(nc4ncnn24)[C@@]2(C)CCC4C(CC[C@H]5NC(=O)CC[C@]45C)C2C3)cc1. The van der Waals surface area contributed by atoms with E-state index in [2.05, 4.69) is 72.5 Å². The van der Waals surface area contributed by atoms with Crippen molar-refractivity contribution in [3.63, 3.8) is 0 Å². The molecule has 3 unspecified atom stereocenters. The predicted molar refractivity (Wildman–Crippen MR) is 140 cm³/mol. The van der Waals surface area contributed by atoms with Gasteiger partial charge in [0.25, 0.3) is 5.78 Å². The number of piperidine rings is 1. The molecule has 3 heterocycles. The summed E-state index contributed by atoms with van der Waals surface area (Å²) < 4.78 is 1.95. The summed E-state index contributed by atoms with van der Waals surface area (Å²) in [5.74, 6) is 2.85. The molecule has 3 aromatic rings. The van der Waals surface area contributed by atoms with Crippen LogP contribution in [0.15, 0.2) is 30.6 Å². The monoisotopic (exact) mass is 484 g/mol. The fraction of sp³-hybridized carbons (Fsp3) is 0.586. The van der Waals surface area contributed by atoms with Crippen LogP contribution in [0.4, 0.5) is 5.69 Å². The van der Waals surface area contributed by atoms with Crippen molar-refractivity contribution < 1.29 is 4.79 Å². The van der Waals surface area contributed by atoms with Crippen LogP contribution in [0.1, 0.15) is 63.6 Å². The van der Waals surface area contributed by atoms with Crippen molar-refractivity contribution in [2.75, 3.05) is 19.0 Å². The maximum atomic E-state index is 12.2. The molecule has 1 amide bonds. The second-order valence-electron chi connectivity index (χ2n) is 12.4. The molecule has 0 spiro atoms. The van der Waals surface area contributed by atoms with Gasteiger partial charge in [0.2, 0.25) is 5.91 Å². The van der Waals surface area contributed by atoms with E-state index in [1.807, 2.05) is 4.52 Å². The molecule has 7 rings (SSSR count). The summed E-state index contributed by atoms with van der Waals surface area (Å²) in [5.41, 5.74) is 6.41. The highest BCUT2D eigenvalue weighted by atomic mass is 16.1. The zero-order chi connectivity index (χ0) is 24.8. The number of rotatable bonds is 2. The van der Waals surface area contributed by atoms with Gasteiger partial charge in [0, 0.05) is 48.8 Å². The third kappa shape index (κ3) is 2.91. The smallest absolute Gasteiger partial charge is 0.252 e. The van der Waals surface area contributed by atoms with E-state index in [9.17, 15) is 4.79 Å². The van der Waals surface area contributed by atoms with Crippen molar-refractivity contribution in [1.29, 1.82) is 0 Å². The van der Waals surface area contributed by atoms with Crippen LogP contribution in [0.3, 0.4) is 0 Å². The Morgan fingerprint density at radius 2 is 1.86 bits per heavy atom. The first-order valence-electron chi connectivity index (χ1n) is 13.6. The molecule has 1 aromatic carbocycles. The van der Waals surface area contributed by atoms with E-state index in [0.717, 1.165) is 31.4 Å². The molecule has 7 heteroatoms. The highest BCUT2D eigenvalue weighted by Gasteiger charge is 2.60. The lowest BCUT2D eigenvalue weighted by atomic mass is 9.47. The molecule has 7 nitrogen and oxygen atoms in total. The van der Waals surface area contributed by atoms with Crippen LogP contribution in [0.2, 0.25) is 0 Å². The Balaban J connectivity index is 1.33. The Morgan fingerprint density at radius 1 is 1.06 bits per heavy atom. The van der Waals surface area contributed by atoms with Gasteiger partial charge in [-0.05, 0) is 73.8 Å². The molecule has 0 bridgehead atoms. The van der Waals surface area contributed by atoms with E-state index in [-0.39, 0.29) is 16.7 Å². The normalized spacial score (nSPS) is 34.9. The fourth-order valence-corrected chi connectivity index (χ4v) is 8.67. The Labute approximate surface area is 212 Å². The molecular weight excluding hydrogens is 448 g/mol. The first kappa shape index (κ1) is 22.3. The third-order valence-corrected chi connectivity index (χ3v) is 10.6. The summed E-state index contributed by atoms with van der Waals surface area (Å²) in [6, 6.07) is 9.14. The average Bonchev–Trinajstić information content (AvgIpc) is 3.45. The number of hydrogen-bond acceptors (Lipinski definition) is 5. The van der Waals surface area contributed by atoms with Gasteiger partial charge in [0.1, 0.15) is 6.33 Å². The van der Waals surface area contributed by atoms with Gasteiger partial charge < -0.3 is 10.2 Å². The summed E-state index contributed by atoms with van der Waals surface area (Å²) in [4.78, 5) is 24.0. The van der Waals surface area contributed by atoms with Crippen LogP contribution >= 0.6 is 0 Å². The standard InChI is InChI=1S/C29H36N6O/c1-28-14-12-24(36)32-23(28)10-9-19-21(28)11-13-29(2)22(19)15-20-25(17-5-7-18(8-6-17)34(3)4)35-27(30-16-31-35)33-26(20)29/h5-8,16,19,21-23H,9-15H2,1-4H3,(H,32,36)/t19?,21?,22?,23-,28-,29+/m1/s1. The molecule has 1 N–H and O–H groups in total. The number of anilines is 1. The highest BCUT2D eigenvalue weighted by Crippen LogP contribution is 2.63. The van der Waals surface area contributed by atoms with Gasteiger partial charge >= 0.3 is 0 Å². The number of nitrogens with zero attached hydrogens (tertiary/aromatic N) is 5. The van der Waals surface area contributed by atoms with Crippen molar-refractivity contribution in [2.24, 2.45) is 23.2 Å². The zero-order valence-corrected chi connectivity index (χ0v) is 21.8. The molecule has 0 radical (unpaired) electrons. The van der Waals surface area contributed by atoms with Gasteiger partial charge in [-0.1, -0.05) is 26.0 Å². The lowest BCUT2D eigenvalue weighted by Crippen LogP contribution is -2.61. The van der Waals surface area contributed by atoms with Gasteiger partial charge in [0.15, 0.2) is 0 Å². The van der Waals surface area contributed by atoms with Gasteiger partial charge in [-0.2, -0.15) is 14.6 Å². The maximum Gasteiger partial charge on any atom is 0.252 e. The van der Waals surface area contributed by atoms with Crippen molar-refractivity contribution in [1.82, 2.24) is 24.9 Å². The number of carbonyl (C=O) groups excluding carboxylic acids is 1. The summed E-state index contributed by atoms with van der Waals surface area (Å²) >= 11 is 0. The lowest BCUT2D eigenvalue weighted by Gasteiger charge is -2.59. The van der Waals surface area contributed by atoms with Crippen LogP contribution in [0.25, 0.3) is 17.0 Å². The largest absolute Gasteiger partial charge is 0.378 e. The highest BCUT2D eigenvalue weighted by molar-refractivity contribution is 5.77. The molecule has 2 saturated carbocycles. The molecule has 1 saturated heterocycles. The second kappa shape index (κ2) is 7.53. The number of hydrogen-bond donors (Lipinski definition) is 1. The Morgan fingerprint density at radius 3 is 2.64 bits per heavy atom. The van der Waals surface area contributed by atoms with Crippen LogP contribution in [-0.4, -0.2) is 45.6 Å². The van der Waals surface area contributed by atoms with Crippen molar-refractivity contribution in [2.45, 2.75) is 70.3 Å². The summed E-state index contributed by atoms with van der Waals surface area (Å²) in [7, 11) is 4.15. The van der Waals surface area contributed by atoms with E-state index >= 15 is 0 Å². The Hall–Kier alpha value is -2.96. The van der Waals surface area contributed by atoms with E-state index < -0.39 is 0 Å². The van der Waals surface area contributed by atoms with Crippen LogP contribution in [-0.2, 0) is 16.6 Å². The van der Waals surface area contributed by atoms with Gasteiger partial charge in [0.05, 0.1) is 11.4 Å². The van der Waals surface area contributed by atoms with Crippen molar-refractivity contribution >= 4 is 17.4 Å². The number of amides is 1. The third-order valence-electron chi connectivity index (χ3n) is 10.6. The topological polar surface area (TPSA) is 75.4 Å². The van der Waals surface area contributed by atoms with E-state index in [1.54, 1.807) is 6.33 Å². The molecule has 3 fully saturated rings. The molecule has 188 valence electrons. The maximum absolute atomic E-state index is 12.2. The predicted octanol–water partition coefficient (Wildman–Crippen LogP) is 4.39. The molecule has 1 aliphatic heterocycles. The van der Waals surface area contributed by atoms with Crippen LogP contribution in [0, 0.1) is 23.2 Å². The molecular formula is C29H36N6O. The summed E-state index contributed by atoms with van der Waals surface area (Å²) in [5, 5.41) is 7.98. The number of aromatic nitrogens is 4. The second-order valence-corrected chi connectivity index (χ2v) is 12.4. The van der Waals surface area contributed by atoms with Crippen molar-refractivity contribution in [3.8, 4) is 11.3 Å². The lowest BCUT2D eigenvalue weighted by molar-refractivity contribution is -0.134. The number of carbonyl (C=O) groups is 1. The number of nitrogens with one attached hydrogen (secondary N) is 1. The Kier molecular flexibility index (Phi) is 4.65. The van der Waals surface area contributed by atoms with Gasteiger partial charge in [-0.15, -0.1) is 0 Å². The van der Waals surface area contributed by atoms with Gasteiger partial charge in [-0.3, -0.25) is 4.79 Å². The first-order chi connectivity index (χ1) is 17.3. The summed E-state index contributed by atoms with van der Waals surface area (Å²) in [6.07, 6.45) is 9.05. The minimum atomic E-state index is 0.0592. The number of benzene rings is 1. The molecule has 36 heavy (non-hydrogen) atoms. The molecule has 6 atom stereocenters. The minimum Gasteiger partial charge on any atom is -0.378 e. The van der Waals surface area contributed by atoms with Gasteiger partial charge in [-0.25, -0.2) is 4.98 Å². The number of fused-ring (bicyclic) bond motifs is 8. The molecule has 2 aromatic heterocycles. The molecule has 4 aliphatic rings. The quantitative estimate of drug-likeness (QED) is 0.584. The van der Waals surface area contributed by atoms with E-state index in [1.165, 1.54) is 35.3 Å².